The maximum absolute atomic E-state index is 12.6. The summed E-state index contributed by atoms with van der Waals surface area (Å²) in [5.74, 6) is -2.55. The Hall–Kier alpha value is -3.28. The van der Waals surface area contributed by atoms with Gasteiger partial charge in [0.25, 0.3) is 11.8 Å². The molecule has 0 unspecified atom stereocenters. The Morgan fingerprint density at radius 3 is 1.93 bits per heavy atom. The summed E-state index contributed by atoms with van der Waals surface area (Å²) in [5.41, 5.74) is 0.953. The van der Waals surface area contributed by atoms with E-state index in [2.05, 4.69) is 0 Å². The van der Waals surface area contributed by atoms with E-state index in [0.717, 1.165) is 4.90 Å². The summed E-state index contributed by atoms with van der Waals surface area (Å²) >= 11 is 0. The van der Waals surface area contributed by atoms with Gasteiger partial charge in [0, 0.05) is 5.56 Å². The van der Waals surface area contributed by atoms with Crippen molar-refractivity contribution in [3.63, 3.8) is 0 Å². The van der Waals surface area contributed by atoms with Gasteiger partial charge in [-0.25, -0.2) is 4.79 Å². The van der Waals surface area contributed by atoms with Crippen LogP contribution in [-0.4, -0.2) is 41.1 Å². The number of carbonyl (C=O) groups excluding carboxylic acids is 4. The second-order valence-electron chi connectivity index (χ2n) is 6.61. The fourth-order valence-corrected chi connectivity index (χ4v) is 3.07. The first-order valence-electron chi connectivity index (χ1n) is 8.63. The number of nitrogens with zero attached hydrogens (tertiary/aromatic N) is 1. The van der Waals surface area contributed by atoms with Crippen molar-refractivity contribution in [2.45, 2.75) is 19.9 Å². The Morgan fingerprint density at radius 1 is 0.889 bits per heavy atom. The van der Waals surface area contributed by atoms with E-state index in [0.29, 0.717) is 5.56 Å². The van der Waals surface area contributed by atoms with Crippen molar-refractivity contribution in [1.82, 2.24) is 4.90 Å². The van der Waals surface area contributed by atoms with Crippen molar-refractivity contribution >= 4 is 23.6 Å². The van der Waals surface area contributed by atoms with Crippen molar-refractivity contribution in [3.05, 3.63) is 71.3 Å². The number of benzene rings is 2. The SMILES string of the molecule is CC(C)[C@@H](C(=O)OCC(=O)c1ccccc1)N1C(=O)c2ccccc2C1=O. The first-order chi connectivity index (χ1) is 12.9. The van der Waals surface area contributed by atoms with Gasteiger partial charge in [-0.05, 0) is 18.1 Å². The van der Waals surface area contributed by atoms with Gasteiger partial charge >= 0.3 is 5.97 Å². The first-order valence-corrected chi connectivity index (χ1v) is 8.63. The summed E-state index contributed by atoms with van der Waals surface area (Å²) in [4.78, 5) is 51.0. The van der Waals surface area contributed by atoms with Crippen LogP contribution in [0, 0.1) is 5.92 Å². The topological polar surface area (TPSA) is 80.8 Å². The molecule has 27 heavy (non-hydrogen) atoms. The second-order valence-corrected chi connectivity index (χ2v) is 6.61. The van der Waals surface area contributed by atoms with E-state index in [1.54, 1.807) is 68.4 Å². The highest BCUT2D eigenvalue weighted by Crippen LogP contribution is 2.27. The minimum Gasteiger partial charge on any atom is -0.456 e. The molecule has 2 aromatic carbocycles. The van der Waals surface area contributed by atoms with E-state index < -0.39 is 30.4 Å². The summed E-state index contributed by atoms with van der Waals surface area (Å²) in [5, 5.41) is 0. The van der Waals surface area contributed by atoms with Gasteiger partial charge in [0.05, 0.1) is 11.1 Å². The highest BCUT2D eigenvalue weighted by Gasteiger charge is 2.44. The molecule has 2 amide bonds. The van der Waals surface area contributed by atoms with Gasteiger partial charge in [-0.2, -0.15) is 0 Å². The number of Topliss-reactive ketones (excluding diaryl/α,β-unsaturated/α-hetero) is 1. The van der Waals surface area contributed by atoms with Gasteiger partial charge < -0.3 is 4.74 Å². The highest BCUT2D eigenvalue weighted by atomic mass is 16.5. The molecule has 6 heteroatoms. The van der Waals surface area contributed by atoms with Crippen LogP contribution in [0.3, 0.4) is 0 Å². The number of amides is 2. The number of ether oxygens (including phenoxy) is 1. The lowest BCUT2D eigenvalue weighted by molar-refractivity contribution is -0.148. The molecule has 0 radical (unpaired) electrons. The molecule has 0 fully saturated rings. The molecule has 3 rings (SSSR count). The monoisotopic (exact) mass is 365 g/mol. The molecule has 1 aliphatic heterocycles. The molecule has 1 heterocycles. The van der Waals surface area contributed by atoms with Crippen LogP contribution in [0.5, 0.6) is 0 Å². The smallest absolute Gasteiger partial charge is 0.330 e. The van der Waals surface area contributed by atoms with Gasteiger partial charge in [-0.1, -0.05) is 56.3 Å². The number of esters is 1. The van der Waals surface area contributed by atoms with E-state index in [1.807, 2.05) is 0 Å². The molecule has 6 nitrogen and oxygen atoms in total. The first kappa shape index (κ1) is 18.5. The Morgan fingerprint density at radius 2 is 1.41 bits per heavy atom. The van der Waals surface area contributed by atoms with Crippen LogP contribution in [0.25, 0.3) is 0 Å². The maximum Gasteiger partial charge on any atom is 0.330 e. The lowest BCUT2D eigenvalue weighted by Crippen LogP contribution is -2.49. The molecular formula is C21H19NO5. The van der Waals surface area contributed by atoms with E-state index in [-0.39, 0.29) is 22.8 Å². The minimum atomic E-state index is -1.10. The van der Waals surface area contributed by atoms with Crippen molar-refractivity contribution in [2.75, 3.05) is 6.61 Å². The molecule has 0 aliphatic carbocycles. The van der Waals surface area contributed by atoms with E-state index in [4.69, 9.17) is 4.74 Å². The Labute approximate surface area is 156 Å². The summed E-state index contributed by atoms with van der Waals surface area (Å²) < 4.78 is 5.16. The lowest BCUT2D eigenvalue weighted by atomic mass is 10.0. The van der Waals surface area contributed by atoms with Crippen LogP contribution in [0.15, 0.2) is 54.6 Å². The third kappa shape index (κ3) is 3.51. The predicted octanol–water partition coefficient (Wildman–Crippen LogP) is 2.73. The Balaban J connectivity index is 1.76. The van der Waals surface area contributed by atoms with E-state index in [1.165, 1.54) is 0 Å². The van der Waals surface area contributed by atoms with Gasteiger partial charge in [-0.3, -0.25) is 19.3 Å². The van der Waals surface area contributed by atoms with Crippen LogP contribution < -0.4 is 0 Å². The third-order valence-corrected chi connectivity index (χ3v) is 4.42. The molecule has 0 N–H and O–H groups in total. The van der Waals surface area contributed by atoms with Crippen LogP contribution in [-0.2, 0) is 9.53 Å². The largest absolute Gasteiger partial charge is 0.456 e. The molecule has 0 saturated carbocycles. The zero-order chi connectivity index (χ0) is 19.6. The second kappa shape index (κ2) is 7.53. The standard InChI is InChI=1S/C21H19NO5/c1-13(2)18(21(26)27-12-17(23)14-8-4-3-5-9-14)22-19(24)15-10-6-7-11-16(15)20(22)25/h3-11,13,18H,12H2,1-2H3/t18-/m0/s1. The molecule has 1 atom stereocenters. The van der Waals surface area contributed by atoms with Crippen molar-refractivity contribution < 1.29 is 23.9 Å². The maximum atomic E-state index is 12.6. The molecule has 0 saturated heterocycles. The van der Waals surface area contributed by atoms with Crippen LogP contribution in [0.1, 0.15) is 44.9 Å². The molecule has 2 aromatic rings. The number of carbonyl (C=O) groups is 4. The van der Waals surface area contributed by atoms with Crippen molar-refractivity contribution in [3.8, 4) is 0 Å². The number of hydrogen-bond donors (Lipinski definition) is 0. The number of rotatable bonds is 6. The zero-order valence-corrected chi connectivity index (χ0v) is 15.0. The summed E-state index contributed by atoms with van der Waals surface area (Å²) in [6.07, 6.45) is 0. The number of hydrogen-bond acceptors (Lipinski definition) is 5. The van der Waals surface area contributed by atoms with Crippen LogP contribution in [0.4, 0.5) is 0 Å². The van der Waals surface area contributed by atoms with Gasteiger partial charge in [0.15, 0.2) is 12.4 Å². The van der Waals surface area contributed by atoms with Crippen LogP contribution >= 0.6 is 0 Å². The van der Waals surface area contributed by atoms with Gasteiger partial charge in [0.1, 0.15) is 6.04 Å². The third-order valence-electron chi connectivity index (χ3n) is 4.42. The quantitative estimate of drug-likeness (QED) is 0.447. The molecule has 0 spiro atoms. The van der Waals surface area contributed by atoms with Gasteiger partial charge in [-0.15, -0.1) is 0 Å². The van der Waals surface area contributed by atoms with Crippen LogP contribution in [0.2, 0.25) is 0 Å². The molecular weight excluding hydrogens is 346 g/mol. The average Bonchev–Trinajstić information content (AvgIpc) is 2.92. The minimum absolute atomic E-state index is 0.265. The molecule has 0 bridgehead atoms. The van der Waals surface area contributed by atoms with E-state index in [9.17, 15) is 19.2 Å². The van der Waals surface area contributed by atoms with Crippen molar-refractivity contribution in [1.29, 1.82) is 0 Å². The lowest BCUT2D eigenvalue weighted by Gasteiger charge is -2.27. The summed E-state index contributed by atoms with van der Waals surface area (Å²) in [6, 6.07) is 13.8. The van der Waals surface area contributed by atoms with E-state index >= 15 is 0 Å². The number of fused-ring (bicyclic) bond motifs is 1. The Bertz CT molecular complexity index is 869. The Kier molecular flexibility index (Phi) is 5.16. The number of ketones is 1. The fraction of sp³-hybridized carbons (Fsp3) is 0.238. The highest BCUT2D eigenvalue weighted by molar-refractivity contribution is 6.22. The fourth-order valence-electron chi connectivity index (χ4n) is 3.07. The predicted molar refractivity (Wildman–Crippen MR) is 97.3 cm³/mol. The summed E-state index contributed by atoms with van der Waals surface area (Å²) in [6.45, 7) is 2.98. The van der Waals surface area contributed by atoms with Gasteiger partial charge in [0.2, 0.25) is 0 Å². The van der Waals surface area contributed by atoms with Crippen molar-refractivity contribution in [2.24, 2.45) is 5.92 Å². The average molecular weight is 365 g/mol. The summed E-state index contributed by atoms with van der Waals surface area (Å²) in [7, 11) is 0. The normalized spacial score (nSPS) is 14.3. The number of imide groups is 1. The zero-order valence-electron chi connectivity index (χ0n) is 15.0. The molecule has 138 valence electrons. The molecule has 1 aliphatic rings. The molecule has 0 aromatic heterocycles.